The first-order chi connectivity index (χ1) is 13.1. The number of rotatable bonds is 8. The van der Waals surface area contributed by atoms with Gasteiger partial charge in [0.05, 0.1) is 18.1 Å². The number of ether oxygens (including phenoxy) is 2. The van der Waals surface area contributed by atoms with Gasteiger partial charge in [0, 0.05) is 18.3 Å². The molecule has 1 aromatic carbocycles. The van der Waals surface area contributed by atoms with Gasteiger partial charge in [-0.15, -0.1) is 0 Å². The highest BCUT2D eigenvalue weighted by atomic mass is 16.6. The molecule has 1 aromatic rings. The predicted molar refractivity (Wildman–Crippen MR) is 101 cm³/mol. The molecular formula is C22H28O5. The number of hydrogen-bond donors (Lipinski definition) is 1. The highest BCUT2D eigenvalue weighted by Crippen LogP contribution is 2.43. The lowest BCUT2D eigenvalue weighted by Crippen LogP contribution is -2.25. The van der Waals surface area contributed by atoms with E-state index in [1.54, 1.807) is 30.3 Å². The molecule has 2 fully saturated rings. The summed E-state index contributed by atoms with van der Waals surface area (Å²) in [5, 5.41) is 10.2. The number of hydrogen-bond acceptors (Lipinski definition) is 5. The summed E-state index contributed by atoms with van der Waals surface area (Å²) in [6.07, 6.45) is 7.39. The number of benzene rings is 1. The Labute approximate surface area is 160 Å². The van der Waals surface area contributed by atoms with E-state index < -0.39 is 6.10 Å². The van der Waals surface area contributed by atoms with Gasteiger partial charge >= 0.3 is 11.9 Å². The summed E-state index contributed by atoms with van der Waals surface area (Å²) in [6, 6.07) is 8.89. The van der Waals surface area contributed by atoms with Crippen molar-refractivity contribution >= 4 is 11.9 Å². The average molecular weight is 372 g/mol. The zero-order valence-corrected chi connectivity index (χ0v) is 15.8. The topological polar surface area (TPSA) is 72.8 Å². The molecule has 2 aliphatic rings. The number of esters is 2. The van der Waals surface area contributed by atoms with Crippen LogP contribution in [0.4, 0.5) is 0 Å². The first-order valence-electron chi connectivity index (χ1n) is 9.90. The number of aliphatic hydroxyl groups excluding tert-OH is 1. The van der Waals surface area contributed by atoms with Crippen molar-refractivity contribution in [3.05, 3.63) is 48.0 Å². The Hall–Kier alpha value is -2.14. The van der Waals surface area contributed by atoms with Crippen molar-refractivity contribution in [2.45, 2.75) is 63.8 Å². The van der Waals surface area contributed by atoms with Crippen molar-refractivity contribution in [3.63, 3.8) is 0 Å². The van der Waals surface area contributed by atoms with E-state index in [2.05, 4.69) is 6.92 Å². The van der Waals surface area contributed by atoms with E-state index in [9.17, 15) is 14.7 Å². The first kappa shape index (κ1) is 19.6. The molecule has 5 atom stereocenters. The van der Waals surface area contributed by atoms with Gasteiger partial charge in [0.1, 0.15) is 12.2 Å². The summed E-state index contributed by atoms with van der Waals surface area (Å²) in [6.45, 7) is 2.13. The molecule has 146 valence electrons. The Morgan fingerprint density at radius 3 is 2.85 bits per heavy atom. The summed E-state index contributed by atoms with van der Waals surface area (Å²) in [5.74, 6) is -0.673. The fourth-order valence-corrected chi connectivity index (χ4v) is 4.03. The first-order valence-corrected chi connectivity index (χ1v) is 9.90. The summed E-state index contributed by atoms with van der Waals surface area (Å²) in [5.41, 5.74) is 0.508. The van der Waals surface area contributed by atoms with Gasteiger partial charge in [0.2, 0.25) is 0 Å². The fraction of sp³-hybridized carbons (Fsp3) is 0.545. The molecule has 5 unspecified atom stereocenters. The molecular weight excluding hydrogens is 344 g/mol. The monoisotopic (exact) mass is 372 g/mol. The Morgan fingerprint density at radius 1 is 1.33 bits per heavy atom. The van der Waals surface area contributed by atoms with Crippen LogP contribution in [-0.4, -0.2) is 35.4 Å². The van der Waals surface area contributed by atoms with Gasteiger partial charge in [-0.2, -0.15) is 0 Å². The van der Waals surface area contributed by atoms with Gasteiger partial charge in [-0.05, 0) is 18.6 Å². The molecule has 0 spiro atoms. The number of fused-ring (bicyclic) bond motifs is 1. The molecule has 1 saturated carbocycles. The normalized spacial score (nSPS) is 28.1. The van der Waals surface area contributed by atoms with Gasteiger partial charge in [0.15, 0.2) is 0 Å². The molecule has 0 aromatic heterocycles. The van der Waals surface area contributed by atoms with Crippen molar-refractivity contribution < 1.29 is 24.2 Å². The highest BCUT2D eigenvalue weighted by molar-refractivity contribution is 5.89. The van der Waals surface area contributed by atoms with Crippen LogP contribution in [0.5, 0.6) is 0 Å². The largest absolute Gasteiger partial charge is 0.462 e. The van der Waals surface area contributed by atoms with E-state index in [4.69, 9.17) is 9.47 Å². The lowest BCUT2D eigenvalue weighted by atomic mass is 9.91. The van der Waals surface area contributed by atoms with Gasteiger partial charge in [-0.25, -0.2) is 4.79 Å². The third kappa shape index (κ3) is 4.98. The van der Waals surface area contributed by atoms with Crippen LogP contribution < -0.4 is 0 Å². The Kier molecular flexibility index (Phi) is 6.67. The average Bonchev–Trinajstić information content (AvgIpc) is 3.16. The second kappa shape index (κ2) is 9.18. The predicted octanol–water partition coefficient (Wildman–Crippen LogP) is 3.66. The second-order valence-electron chi connectivity index (χ2n) is 7.47. The maximum atomic E-state index is 12.4. The second-order valence-corrected chi connectivity index (χ2v) is 7.47. The Bertz CT molecular complexity index is 669. The Balaban J connectivity index is 1.66. The van der Waals surface area contributed by atoms with Crippen LogP contribution in [0.2, 0.25) is 0 Å². The molecule has 27 heavy (non-hydrogen) atoms. The summed E-state index contributed by atoms with van der Waals surface area (Å²) < 4.78 is 11.1. The van der Waals surface area contributed by atoms with Crippen molar-refractivity contribution in [2.75, 3.05) is 0 Å². The van der Waals surface area contributed by atoms with E-state index in [1.165, 1.54) is 0 Å². The molecule has 1 N–H and O–H groups in total. The lowest BCUT2D eigenvalue weighted by molar-refractivity contribution is -0.141. The van der Waals surface area contributed by atoms with Crippen LogP contribution in [0, 0.1) is 11.8 Å². The smallest absolute Gasteiger partial charge is 0.338 e. The number of carbonyl (C=O) groups excluding carboxylic acids is 2. The third-order valence-electron chi connectivity index (χ3n) is 5.48. The van der Waals surface area contributed by atoms with E-state index in [0.717, 1.165) is 25.7 Å². The molecule has 1 aliphatic heterocycles. The third-order valence-corrected chi connectivity index (χ3v) is 5.48. The minimum atomic E-state index is -0.515. The number of aliphatic hydroxyl groups is 1. The summed E-state index contributed by atoms with van der Waals surface area (Å²) in [7, 11) is 0. The van der Waals surface area contributed by atoms with Crippen LogP contribution >= 0.6 is 0 Å². The fourth-order valence-electron chi connectivity index (χ4n) is 4.03. The lowest BCUT2D eigenvalue weighted by Gasteiger charge is -2.20. The van der Waals surface area contributed by atoms with Gasteiger partial charge in [0.25, 0.3) is 0 Å². The summed E-state index contributed by atoms with van der Waals surface area (Å²) in [4.78, 5) is 24.1. The van der Waals surface area contributed by atoms with E-state index in [-0.39, 0.29) is 36.0 Å². The van der Waals surface area contributed by atoms with Crippen molar-refractivity contribution in [1.82, 2.24) is 0 Å². The van der Waals surface area contributed by atoms with Crippen LogP contribution in [0.25, 0.3) is 0 Å². The zero-order valence-electron chi connectivity index (χ0n) is 15.8. The number of carbonyl (C=O) groups is 2. The highest BCUT2D eigenvalue weighted by Gasteiger charge is 2.50. The molecule has 0 amide bonds. The van der Waals surface area contributed by atoms with Crippen LogP contribution in [-0.2, 0) is 14.3 Å². The number of unbranched alkanes of at least 4 members (excludes halogenated alkanes) is 2. The molecule has 5 nitrogen and oxygen atoms in total. The van der Waals surface area contributed by atoms with Crippen molar-refractivity contribution in [3.8, 4) is 0 Å². The quantitative estimate of drug-likeness (QED) is 0.428. The molecule has 1 aliphatic carbocycles. The van der Waals surface area contributed by atoms with Crippen LogP contribution in [0.1, 0.15) is 55.8 Å². The van der Waals surface area contributed by atoms with Crippen LogP contribution in [0.3, 0.4) is 0 Å². The van der Waals surface area contributed by atoms with Crippen molar-refractivity contribution in [2.24, 2.45) is 11.8 Å². The van der Waals surface area contributed by atoms with E-state index >= 15 is 0 Å². The maximum Gasteiger partial charge on any atom is 0.338 e. The SMILES string of the molecule is CCCCCC(O)/C=C/C1C(OC(=O)c2ccccc2)CC2OC(=O)CC21. The van der Waals surface area contributed by atoms with Gasteiger partial charge < -0.3 is 14.6 Å². The molecule has 1 heterocycles. The molecule has 3 rings (SSSR count). The van der Waals surface area contributed by atoms with Gasteiger partial charge in [-0.3, -0.25) is 4.79 Å². The minimum Gasteiger partial charge on any atom is -0.462 e. The van der Waals surface area contributed by atoms with Crippen molar-refractivity contribution in [1.29, 1.82) is 0 Å². The van der Waals surface area contributed by atoms with E-state index in [0.29, 0.717) is 18.4 Å². The molecule has 0 radical (unpaired) electrons. The zero-order chi connectivity index (χ0) is 19.2. The standard InChI is InChI=1S/C22H28O5/c1-2-3-5-10-16(23)11-12-17-18-13-21(24)26-20(18)14-19(17)27-22(25)15-8-6-4-7-9-15/h4,6-9,11-12,16-20,23H,2-3,5,10,13-14H2,1H3/b12-11+. The Morgan fingerprint density at radius 2 is 2.11 bits per heavy atom. The summed E-state index contributed by atoms with van der Waals surface area (Å²) >= 11 is 0. The minimum absolute atomic E-state index is 0.00478. The molecule has 5 heteroatoms. The maximum absolute atomic E-state index is 12.4. The van der Waals surface area contributed by atoms with E-state index in [1.807, 2.05) is 12.1 Å². The van der Waals surface area contributed by atoms with Crippen LogP contribution in [0.15, 0.2) is 42.5 Å². The molecule has 0 bridgehead atoms. The van der Waals surface area contributed by atoms with Gasteiger partial charge in [-0.1, -0.05) is 56.5 Å². The molecule has 1 saturated heterocycles.